The highest BCUT2D eigenvalue weighted by molar-refractivity contribution is 6.17. The van der Waals surface area contributed by atoms with Gasteiger partial charge in [0.25, 0.3) is 0 Å². The predicted octanol–water partition coefficient (Wildman–Crippen LogP) is 0.377. The SMILES string of the molecule is CC[C@@H](C)C(=O)O[C@@H]1C(=O)C=C(OC)[C@@](C)(O)C1=O. The van der Waals surface area contributed by atoms with Crippen molar-refractivity contribution in [1.29, 1.82) is 0 Å². The average Bonchev–Trinajstić information content (AvgIpc) is 2.37. The van der Waals surface area contributed by atoms with E-state index < -0.39 is 35.2 Å². The van der Waals surface area contributed by atoms with E-state index in [1.165, 1.54) is 14.0 Å². The van der Waals surface area contributed by atoms with Crippen molar-refractivity contribution in [3.63, 3.8) is 0 Å². The van der Waals surface area contributed by atoms with Crippen molar-refractivity contribution < 1.29 is 29.0 Å². The standard InChI is InChI=1S/C13H18O6/c1-5-7(2)12(16)19-10-8(14)6-9(18-4)13(3,17)11(10)15/h6-7,10,17H,5H2,1-4H3/t7-,10-,13-/m1/s1. The van der Waals surface area contributed by atoms with Crippen molar-refractivity contribution in [2.75, 3.05) is 7.11 Å². The highest BCUT2D eigenvalue weighted by Crippen LogP contribution is 2.27. The summed E-state index contributed by atoms with van der Waals surface area (Å²) in [5.74, 6) is -2.81. The van der Waals surface area contributed by atoms with Gasteiger partial charge in [-0.3, -0.25) is 14.4 Å². The third-order valence-corrected chi connectivity index (χ3v) is 3.20. The second kappa shape index (κ2) is 5.52. The summed E-state index contributed by atoms with van der Waals surface area (Å²) < 4.78 is 9.70. The third-order valence-electron chi connectivity index (χ3n) is 3.20. The Hall–Kier alpha value is -1.69. The number of rotatable bonds is 4. The van der Waals surface area contributed by atoms with E-state index in [9.17, 15) is 19.5 Å². The van der Waals surface area contributed by atoms with E-state index in [-0.39, 0.29) is 5.76 Å². The fourth-order valence-corrected chi connectivity index (χ4v) is 1.62. The van der Waals surface area contributed by atoms with Crippen molar-refractivity contribution in [1.82, 2.24) is 0 Å². The summed E-state index contributed by atoms with van der Waals surface area (Å²) in [6.07, 6.45) is -0.0881. The first-order valence-corrected chi connectivity index (χ1v) is 6.02. The van der Waals surface area contributed by atoms with Gasteiger partial charge in [0.05, 0.1) is 13.0 Å². The molecule has 0 aromatic heterocycles. The van der Waals surface area contributed by atoms with Gasteiger partial charge in [-0.25, -0.2) is 0 Å². The van der Waals surface area contributed by atoms with Crippen LogP contribution >= 0.6 is 0 Å². The van der Waals surface area contributed by atoms with Crippen LogP contribution in [0.2, 0.25) is 0 Å². The lowest BCUT2D eigenvalue weighted by Gasteiger charge is -2.31. The van der Waals surface area contributed by atoms with Gasteiger partial charge in [0.2, 0.25) is 17.7 Å². The zero-order chi connectivity index (χ0) is 14.8. The molecule has 19 heavy (non-hydrogen) atoms. The second-order valence-electron chi connectivity index (χ2n) is 4.68. The van der Waals surface area contributed by atoms with Crippen LogP contribution < -0.4 is 0 Å². The monoisotopic (exact) mass is 270 g/mol. The summed E-state index contributed by atoms with van der Waals surface area (Å²) in [5.41, 5.74) is -1.97. The zero-order valence-corrected chi connectivity index (χ0v) is 11.4. The molecule has 0 fully saturated rings. The van der Waals surface area contributed by atoms with Crippen LogP contribution in [0.3, 0.4) is 0 Å². The van der Waals surface area contributed by atoms with Gasteiger partial charge in [0.1, 0.15) is 5.76 Å². The van der Waals surface area contributed by atoms with Crippen molar-refractivity contribution >= 4 is 17.5 Å². The first kappa shape index (κ1) is 15.4. The lowest BCUT2D eigenvalue weighted by Crippen LogP contribution is -2.53. The maximum Gasteiger partial charge on any atom is 0.309 e. The zero-order valence-electron chi connectivity index (χ0n) is 11.4. The molecule has 6 nitrogen and oxygen atoms in total. The number of carbonyl (C=O) groups is 3. The molecule has 0 heterocycles. The topological polar surface area (TPSA) is 89.9 Å². The summed E-state index contributed by atoms with van der Waals surface area (Å²) in [6.45, 7) is 4.62. The molecule has 0 saturated heterocycles. The molecule has 0 spiro atoms. The number of methoxy groups -OCH3 is 1. The molecule has 0 aliphatic heterocycles. The second-order valence-corrected chi connectivity index (χ2v) is 4.68. The molecular formula is C13H18O6. The van der Waals surface area contributed by atoms with Crippen LogP contribution in [-0.2, 0) is 23.9 Å². The average molecular weight is 270 g/mol. The molecule has 1 rings (SSSR count). The molecule has 0 radical (unpaired) electrons. The molecule has 106 valence electrons. The molecule has 1 aliphatic carbocycles. The molecule has 0 saturated carbocycles. The number of aliphatic hydroxyl groups is 1. The van der Waals surface area contributed by atoms with Crippen molar-refractivity contribution in [3.05, 3.63) is 11.8 Å². The molecule has 0 bridgehead atoms. The number of esters is 1. The van der Waals surface area contributed by atoms with E-state index in [2.05, 4.69) is 0 Å². The summed E-state index contributed by atoms with van der Waals surface area (Å²) >= 11 is 0. The quantitative estimate of drug-likeness (QED) is 0.586. The van der Waals surface area contributed by atoms with Crippen LogP contribution in [-0.4, -0.2) is 41.5 Å². The van der Waals surface area contributed by atoms with Crippen LogP contribution in [0, 0.1) is 5.92 Å². The van der Waals surface area contributed by atoms with E-state index in [1.807, 2.05) is 0 Å². The van der Waals surface area contributed by atoms with Gasteiger partial charge in [-0.05, 0) is 13.3 Å². The minimum absolute atomic E-state index is 0.154. The van der Waals surface area contributed by atoms with Gasteiger partial charge in [-0.1, -0.05) is 13.8 Å². The van der Waals surface area contributed by atoms with Gasteiger partial charge in [-0.15, -0.1) is 0 Å². The van der Waals surface area contributed by atoms with Crippen LogP contribution in [0.1, 0.15) is 27.2 Å². The first-order valence-electron chi connectivity index (χ1n) is 6.02. The molecule has 0 aromatic carbocycles. The number of carbonyl (C=O) groups excluding carboxylic acids is 3. The van der Waals surface area contributed by atoms with Crippen molar-refractivity contribution in [3.8, 4) is 0 Å². The molecule has 1 N–H and O–H groups in total. The molecule has 1 aliphatic rings. The van der Waals surface area contributed by atoms with E-state index in [1.54, 1.807) is 13.8 Å². The van der Waals surface area contributed by atoms with E-state index >= 15 is 0 Å². The Morgan fingerprint density at radius 1 is 1.53 bits per heavy atom. The number of hydrogen-bond acceptors (Lipinski definition) is 6. The van der Waals surface area contributed by atoms with Gasteiger partial charge in [-0.2, -0.15) is 0 Å². The number of hydrogen-bond donors (Lipinski definition) is 1. The number of ketones is 2. The Bertz CT molecular complexity index is 434. The highest BCUT2D eigenvalue weighted by atomic mass is 16.6. The Labute approximate surface area is 111 Å². The Morgan fingerprint density at radius 3 is 2.58 bits per heavy atom. The molecule has 0 aromatic rings. The molecule has 6 heteroatoms. The van der Waals surface area contributed by atoms with Crippen molar-refractivity contribution in [2.24, 2.45) is 5.92 Å². The van der Waals surface area contributed by atoms with E-state index in [0.717, 1.165) is 6.08 Å². The van der Waals surface area contributed by atoms with Gasteiger partial charge in [0, 0.05) is 6.08 Å². The summed E-state index contributed by atoms with van der Waals surface area (Å²) in [7, 11) is 1.24. The highest BCUT2D eigenvalue weighted by Gasteiger charge is 2.49. The third kappa shape index (κ3) is 2.84. The minimum Gasteiger partial charge on any atom is -0.497 e. The maximum atomic E-state index is 12.0. The Kier molecular flexibility index (Phi) is 4.47. The van der Waals surface area contributed by atoms with Gasteiger partial charge >= 0.3 is 5.97 Å². The van der Waals surface area contributed by atoms with Crippen LogP contribution in [0.15, 0.2) is 11.8 Å². The lowest BCUT2D eigenvalue weighted by atomic mass is 9.86. The minimum atomic E-state index is -1.97. The predicted molar refractivity (Wildman–Crippen MR) is 65.1 cm³/mol. The Morgan fingerprint density at radius 2 is 2.11 bits per heavy atom. The van der Waals surface area contributed by atoms with Crippen LogP contribution in [0.5, 0.6) is 0 Å². The van der Waals surface area contributed by atoms with Gasteiger partial charge in [0.15, 0.2) is 5.60 Å². The largest absolute Gasteiger partial charge is 0.497 e. The molecular weight excluding hydrogens is 252 g/mol. The van der Waals surface area contributed by atoms with E-state index in [0.29, 0.717) is 6.42 Å². The number of Topliss-reactive ketones (excluding diaryl/α,β-unsaturated/α-hetero) is 1. The molecule has 0 unspecified atom stereocenters. The fourth-order valence-electron chi connectivity index (χ4n) is 1.62. The fraction of sp³-hybridized carbons (Fsp3) is 0.615. The Balaban J connectivity index is 2.99. The van der Waals surface area contributed by atoms with Crippen LogP contribution in [0.25, 0.3) is 0 Å². The van der Waals surface area contributed by atoms with Gasteiger partial charge < -0.3 is 14.6 Å². The summed E-state index contributed by atoms with van der Waals surface area (Å²) in [6, 6.07) is 0. The van der Waals surface area contributed by atoms with E-state index in [4.69, 9.17) is 9.47 Å². The smallest absolute Gasteiger partial charge is 0.309 e. The lowest BCUT2D eigenvalue weighted by molar-refractivity contribution is -0.169. The van der Waals surface area contributed by atoms with Crippen LogP contribution in [0.4, 0.5) is 0 Å². The normalized spacial score (nSPS) is 28.7. The first-order chi connectivity index (χ1) is 8.75. The summed E-state index contributed by atoms with van der Waals surface area (Å²) in [5, 5.41) is 10.0. The van der Waals surface area contributed by atoms with Crippen molar-refractivity contribution in [2.45, 2.75) is 38.9 Å². The maximum absolute atomic E-state index is 12.0. The number of ether oxygens (including phenoxy) is 2. The summed E-state index contributed by atoms with van der Waals surface area (Å²) in [4.78, 5) is 35.4. The molecule has 0 amide bonds. The molecule has 3 atom stereocenters.